The SMILES string of the molecule is CN1CCC(C=O)C1.Cl. The van der Waals surface area contributed by atoms with Gasteiger partial charge in [-0.05, 0) is 20.0 Å². The number of carbonyl (C=O) groups is 1. The third-order valence-corrected chi connectivity index (χ3v) is 1.62. The van der Waals surface area contributed by atoms with Crippen LogP contribution in [0.25, 0.3) is 0 Å². The van der Waals surface area contributed by atoms with Crippen LogP contribution in [0.4, 0.5) is 0 Å². The molecule has 1 fully saturated rings. The number of halogens is 1. The average Bonchev–Trinajstić information content (AvgIpc) is 2.14. The summed E-state index contributed by atoms with van der Waals surface area (Å²) in [6.45, 7) is 2.05. The molecule has 1 unspecified atom stereocenters. The number of hydrogen-bond acceptors (Lipinski definition) is 2. The molecule has 0 spiro atoms. The van der Waals surface area contributed by atoms with Crippen molar-refractivity contribution < 1.29 is 4.79 Å². The second-order valence-corrected chi connectivity index (χ2v) is 2.45. The van der Waals surface area contributed by atoms with Crippen LogP contribution in [0.2, 0.25) is 0 Å². The van der Waals surface area contributed by atoms with Gasteiger partial charge in [0.15, 0.2) is 0 Å². The molecule has 0 radical (unpaired) electrons. The summed E-state index contributed by atoms with van der Waals surface area (Å²) in [5, 5.41) is 0. The lowest BCUT2D eigenvalue weighted by Crippen LogP contribution is -2.14. The predicted molar refractivity (Wildman–Crippen MR) is 38.9 cm³/mol. The van der Waals surface area contributed by atoms with Crippen LogP contribution in [0, 0.1) is 5.92 Å². The summed E-state index contributed by atoms with van der Waals surface area (Å²) in [5.41, 5.74) is 0. The van der Waals surface area contributed by atoms with Crippen LogP contribution >= 0.6 is 12.4 Å². The Morgan fingerprint density at radius 3 is 2.56 bits per heavy atom. The highest BCUT2D eigenvalue weighted by molar-refractivity contribution is 5.85. The molecule has 1 rings (SSSR count). The van der Waals surface area contributed by atoms with Crippen molar-refractivity contribution in [2.24, 2.45) is 5.92 Å². The second kappa shape index (κ2) is 3.85. The minimum absolute atomic E-state index is 0. The molecule has 1 heterocycles. The molecule has 0 aromatic heterocycles. The summed E-state index contributed by atoms with van der Waals surface area (Å²) in [6.07, 6.45) is 2.11. The lowest BCUT2D eigenvalue weighted by Gasteiger charge is -2.02. The normalized spacial score (nSPS) is 27.4. The first-order valence-electron chi connectivity index (χ1n) is 2.97. The number of nitrogens with zero attached hydrogens (tertiary/aromatic N) is 1. The Hall–Kier alpha value is -0.0800. The van der Waals surface area contributed by atoms with E-state index in [-0.39, 0.29) is 12.4 Å². The van der Waals surface area contributed by atoms with Crippen molar-refractivity contribution in [2.45, 2.75) is 6.42 Å². The van der Waals surface area contributed by atoms with Crippen LogP contribution in [-0.4, -0.2) is 31.3 Å². The fourth-order valence-corrected chi connectivity index (χ4v) is 1.08. The summed E-state index contributed by atoms with van der Waals surface area (Å²) in [6, 6.07) is 0. The van der Waals surface area contributed by atoms with E-state index in [1.807, 2.05) is 7.05 Å². The number of carbonyl (C=O) groups excluding carboxylic acids is 1. The van der Waals surface area contributed by atoms with E-state index in [0.717, 1.165) is 25.8 Å². The fourth-order valence-electron chi connectivity index (χ4n) is 1.08. The van der Waals surface area contributed by atoms with Crippen molar-refractivity contribution >= 4 is 18.7 Å². The highest BCUT2D eigenvalue weighted by Crippen LogP contribution is 2.10. The molecular weight excluding hydrogens is 138 g/mol. The predicted octanol–water partition coefficient (Wildman–Crippen LogP) is 0.559. The minimum atomic E-state index is 0. The molecule has 0 aromatic carbocycles. The molecular formula is C6H12ClNO. The van der Waals surface area contributed by atoms with Gasteiger partial charge in [0.25, 0.3) is 0 Å². The van der Waals surface area contributed by atoms with Gasteiger partial charge in [-0.15, -0.1) is 12.4 Å². The highest BCUT2D eigenvalue weighted by Gasteiger charge is 2.17. The molecule has 9 heavy (non-hydrogen) atoms. The zero-order valence-corrected chi connectivity index (χ0v) is 6.36. The molecule has 1 aliphatic heterocycles. The van der Waals surface area contributed by atoms with Gasteiger partial charge in [-0.3, -0.25) is 0 Å². The van der Waals surface area contributed by atoms with Gasteiger partial charge >= 0.3 is 0 Å². The molecule has 54 valence electrons. The van der Waals surface area contributed by atoms with Crippen molar-refractivity contribution in [1.82, 2.24) is 4.90 Å². The Balaban J connectivity index is 0.000000640. The highest BCUT2D eigenvalue weighted by atomic mass is 35.5. The number of likely N-dealkylation sites (tertiary alicyclic amines) is 1. The van der Waals surface area contributed by atoms with Crippen molar-refractivity contribution in [1.29, 1.82) is 0 Å². The summed E-state index contributed by atoms with van der Waals surface area (Å²) in [7, 11) is 2.05. The van der Waals surface area contributed by atoms with Crippen LogP contribution in [0.1, 0.15) is 6.42 Å². The van der Waals surface area contributed by atoms with Gasteiger partial charge in [-0.2, -0.15) is 0 Å². The smallest absolute Gasteiger partial charge is 0.124 e. The van der Waals surface area contributed by atoms with Gasteiger partial charge in [0.05, 0.1) is 0 Å². The molecule has 0 aliphatic carbocycles. The maximum Gasteiger partial charge on any atom is 0.124 e. The monoisotopic (exact) mass is 149 g/mol. The molecule has 0 saturated carbocycles. The van der Waals surface area contributed by atoms with Crippen LogP contribution in [0.5, 0.6) is 0 Å². The van der Waals surface area contributed by atoms with Crippen LogP contribution in [-0.2, 0) is 4.79 Å². The lowest BCUT2D eigenvalue weighted by atomic mass is 10.1. The first-order chi connectivity index (χ1) is 3.83. The molecule has 2 nitrogen and oxygen atoms in total. The third-order valence-electron chi connectivity index (χ3n) is 1.62. The van der Waals surface area contributed by atoms with E-state index in [0.29, 0.717) is 5.92 Å². The van der Waals surface area contributed by atoms with E-state index < -0.39 is 0 Å². The summed E-state index contributed by atoms with van der Waals surface area (Å²) < 4.78 is 0. The van der Waals surface area contributed by atoms with Gasteiger partial charge in [0.2, 0.25) is 0 Å². The Morgan fingerprint density at radius 1 is 1.67 bits per heavy atom. The zero-order valence-electron chi connectivity index (χ0n) is 5.54. The van der Waals surface area contributed by atoms with Crippen molar-refractivity contribution in [3.05, 3.63) is 0 Å². The van der Waals surface area contributed by atoms with E-state index in [4.69, 9.17) is 0 Å². The maximum absolute atomic E-state index is 10.1. The molecule has 3 heteroatoms. The molecule has 0 N–H and O–H groups in total. The lowest BCUT2D eigenvalue weighted by molar-refractivity contribution is -0.110. The minimum Gasteiger partial charge on any atom is -0.306 e. The van der Waals surface area contributed by atoms with Gasteiger partial charge in [-0.1, -0.05) is 0 Å². The van der Waals surface area contributed by atoms with Crippen molar-refractivity contribution in [3.8, 4) is 0 Å². The maximum atomic E-state index is 10.1. The Bertz CT molecular complexity index is 97.1. The first-order valence-corrected chi connectivity index (χ1v) is 2.97. The molecule has 1 saturated heterocycles. The summed E-state index contributed by atoms with van der Waals surface area (Å²) in [5.74, 6) is 0.319. The van der Waals surface area contributed by atoms with Crippen LogP contribution in [0.15, 0.2) is 0 Å². The third kappa shape index (κ3) is 2.33. The fraction of sp³-hybridized carbons (Fsp3) is 0.833. The van der Waals surface area contributed by atoms with E-state index in [1.165, 1.54) is 0 Å². The van der Waals surface area contributed by atoms with Gasteiger partial charge in [0.1, 0.15) is 6.29 Å². The van der Waals surface area contributed by atoms with Crippen LogP contribution in [0.3, 0.4) is 0 Å². The topological polar surface area (TPSA) is 20.3 Å². The van der Waals surface area contributed by atoms with E-state index in [2.05, 4.69) is 4.90 Å². The zero-order chi connectivity index (χ0) is 5.98. The number of aldehydes is 1. The number of rotatable bonds is 1. The average molecular weight is 150 g/mol. The Kier molecular flexibility index (Phi) is 3.82. The second-order valence-electron chi connectivity index (χ2n) is 2.45. The molecule has 0 aromatic rings. The van der Waals surface area contributed by atoms with Gasteiger partial charge < -0.3 is 9.69 Å². The quantitative estimate of drug-likeness (QED) is 0.508. The Morgan fingerprint density at radius 2 is 2.33 bits per heavy atom. The summed E-state index contributed by atoms with van der Waals surface area (Å²) in [4.78, 5) is 12.3. The Labute approximate surface area is 61.6 Å². The van der Waals surface area contributed by atoms with Gasteiger partial charge in [0, 0.05) is 12.5 Å². The van der Waals surface area contributed by atoms with E-state index >= 15 is 0 Å². The molecule has 1 atom stereocenters. The molecule has 0 bridgehead atoms. The van der Waals surface area contributed by atoms with Gasteiger partial charge in [-0.25, -0.2) is 0 Å². The van der Waals surface area contributed by atoms with Crippen molar-refractivity contribution in [2.75, 3.05) is 20.1 Å². The standard InChI is InChI=1S/C6H11NO.ClH/c1-7-3-2-6(4-7)5-8;/h5-6H,2-4H2,1H3;1H. The van der Waals surface area contributed by atoms with Crippen LogP contribution < -0.4 is 0 Å². The van der Waals surface area contributed by atoms with E-state index in [1.54, 1.807) is 0 Å². The molecule has 1 aliphatic rings. The van der Waals surface area contributed by atoms with Crippen molar-refractivity contribution in [3.63, 3.8) is 0 Å². The molecule has 0 amide bonds. The largest absolute Gasteiger partial charge is 0.306 e. The first kappa shape index (κ1) is 8.92. The van der Waals surface area contributed by atoms with E-state index in [9.17, 15) is 4.79 Å². The number of hydrogen-bond donors (Lipinski definition) is 0. The summed E-state index contributed by atoms with van der Waals surface area (Å²) >= 11 is 0.